The predicted molar refractivity (Wildman–Crippen MR) is 136 cm³/mol. The summed E-state index contributed by atoms with van der Waals surface area (Å²) in [6, 6.07) is 13.3. The molecule has 0 bridgehead atoms. The van der Waals surface area contributed by atoms with Gasteiger partial charge in [0.25, 0.3) is 0 Å². The highest BCUT2D eigenvalue weighted by Crippen LogP contribution is 2.32. The molecule has 2 aliphatic rings. The van der Waals surface area contributed by atoms with Gasteiger partial charge in [0.05, 0.1) is 6.17 Å². The number of hydrogen-bond acceptors (Lipinski definition) is 4. The second-order valence-electron chi connectivity index (χ2n) is 9.21. The lowest BCUT2D eigenvalue weighted by atomic mass is 9.96. The molecule has 3 N–H and O–H groups in total. The van der Waals surface area contributed by atoms with Crippen LogP contribution in [0.15, 0.2) is 54.6 Å². The Hall–Kier alpha value is -3.23. The average molecular weight is 513 g/mol. The Balaban J connectivity index is 1.51. The van der Waals surface area contributed by atoms with Crippen LogP contribution in [0.1, 0.15) is 36.3 Å². The molecule has 2 fully saturated rings. The van der Waals surface area contributed by atoms with Crippen LogP contribution in [0.2, 0.25) is 5.02 Å². The second kappa shape index (κ2) is 11.7. The minimum absolute atomic E-state index is 0.00844. The highest BCUT2D eigenvalue weighted by atomic mass is 35.5. The number of rotatable bonds is 8. The first kappa shape index (κ1) is 25.9. The molecule has 190 valence electrons. The van der Waals surface area contributed by atoms with E-state index < -0.39 is 18.0 Å². The van der Waals surface area contributed by atoms with Crippen LogP contribution in [0, 0.1) is 11.7 Å². The summed E-state index contributed by atoms with van der Waals surface area (Å²) < 4.78 is 14.2. The van der Waals surface area contributed by atoms with Crippen molar-refractivity contribution in [2.45, 2.75) is 37.4 Å². The molecule has 36 heavy (non-hydrogen) atoms. The molecule has 2 saturated heterocycles. The molecule has 7 nitrogen and oxygen atoms in total. The molecule has 2 aromatic carbocycles. The van der Waals surface area contributed by atoms with E-state index >= 15 is 0 Å². The molecular formula is C27H30ClFN4O3. The Kier molecular flexibility index (Phi) is 8.38. The number of benzene rings is 2. The normalized spacial score (nSPS) is 22.6. The summed E-state index contributed by atoms with van der Waals surface area (Å²) >= 11 is 5.82. The number of carbonyl (C=O) groups is 3. The summed E-state index contributed by atoms with van der Waals surface area (Å²) in [6.45, 7) is 1.00. The van der Waals surface area contributed by atoms with Crippen LogP contribution in [-0.4, -0.2) is 55.0 Å². The standard InChI is InChI=1S/C27H30ClFN4O3/c1-30-24(14-19-11-12-31-26(19)35)32-27(36)23-13-20(17-5-3-2-4-6-17)16-33(23)25(34)10-8-18-7-9-21(28)15-22(18)29/h2-10,15,19-20,23-24,30H,11-14,16H2,1H3,(H,31,35)(H,32,36)/b10-8+/t19-,20+,23-,24-/m0/s1. The molecule has 0 spiro atoms. The lowest BCUT2D eigenvalue weighted by molar-refractivity contribution is -0.135. The Labute approximate surface area is 215 Å². The van der Waals surface area contributed by atoms with E-state index in [1.165, 1.54) is 29.2 Å². The molecule has 3 amide bonds. The van der Waals surface area contributed by atoms with E-state index in [4.69, 9.17) is 11.6 Å². The van der Waals surface area contributed by atoms with E-state index in [0.29, 0.717) is 25.9 Å². The van der Waals surface area contributed by atoms with Gasteiger partial charge in [-0.1, -0.05) is 48.0 Å². The molecule has 0 aliphatic carbocycles. The zero-order valence-electron chi connectivity index (χ0n) is 20.0. The smallest absolute Gasteiger partial charge is 0.247 e. The fourth-order valence-electron chi connectivity index (χ4n) is 4.86. The fraction of sp³-hybridized carbons (Fsp3) is 0.370. The van der Waals surface area contributed by atoms with Gasteiger partial charge in [-0.15, -0.1) is 0 Å². The third kappa shape index (κ3) is 6.12. The summed E-state index contributed by atoms with van der Waals surface area (Å²) in [5.41, 5.74) is 1.28. The fourth-order valence-corrected chi connectivity index (χ4v) is 5.02. The predicted octanol–water partition coefficient (Wildman–Crippen LogP) is 3.06. The van der Waals surface area contributed by atoms with E-state index in [0.717, 1.165) is 12.0 Å². The quantitative estimate of drug-likeness (QED) is 0.374. The highest BCUT2D eigenvalue weighted by Gasteiger charge is 2.40. The zero-order chi connectivity index (χ0) is 25.7. The summed E-state index contributed by atoms with van der Waals surface area (Å²) in [7, 11) is 1.73. The Morgan fingerprint density at radius 1 is 1.25 bits per heavy atom. The van der Waals surface area contributed by atoms with Crippen molar-refractivity contribution >= 4 is 35.4 Å². The molecule has 9 heteroatoms. The first-order chi connectivity index (χ1) is 17.4. The van der Waals surface area contributed by atoms with Gasteiger partial charge in [-0.3, -0.25) is 14.4 Å². The van der Waals surface area contributed by atoms with Crippen molar-refractivity contribution in [1.82, 2.24) is 20.9 Å². The number of likely N-dealkylation sites (tertiary alicyclic amines) is 1. The maximum atomic E-state index is 14.2. The maximum absolute atomic E-state index is 14.2. The van der Waals surface area contributed by atoms with Gasteiger partial charge in [0, 0.05) is 41.6 Å². The molecule has 0 radical (unpaired) electrons. The Morgan fingerprint density at radius 2 is 2.03 bits per heavy atom. The lowest BCUT2D eigenvalue weighted by Gasteiger charge is -2.26. The van der Waals surface area contributed by atoms with Crippen molar-refractivity contribution in [3.8, 4) is 0 Å². The van der Waals surface area contributed by atoms with Gasteiger partial charge in [-0.05, 0) is 50.1 Å². The first-order valence-electron chi connectivity index (χ1n) is 12.1. The summed E-state index contributed by atoms with van der Waals surface area (Å²) in [4.78, 5) is 40.1. The average Bonchev–Trinajstić information content (AvgIpc) is 3.50. The van der Waals surface area contributed by atoms with E-state index in [1.54, 1.807) is 13.1 Å². The van der Waals surface area contributed by atoms with Crippen molar-refractivity contribution in [2.24, 2.45) is 5.92 Å². The summed E-state index contributed by atoms with van der Waals surface area (Å²) in [5.74, 6) is -1.38. The maximum Gasteiger partial charge on any atom is 0.247 e. The van der Waals surface area contributed by atoms with E-state index in [9.17, 15) is 18.8 Å². The van der Waals surface area contributed by atoms with Crippen molar-refractivity contribution in [1.29, 1.82) is 0 Å². The molecule has 2 aliphatic heterocycles. The molecule has 0 saturated carbocycles. The van der Waals surface area contributed by atoms with E-state index in [-0.39, 0.29) is 40.1 Å². The monoisotopic (exact) mass is 512 g/mol. The highest BCUT2D eigenvalue weighted by molar-refractivity contribution is 6.30. The summed E-state index contributed by atoms with van der Waals surface area (Å²) in [6.07, 6.45) is 3.94. The van der Waals surface area contributed by atoms with Gasteiger partial charge >= 0.3 is 0 Å². The van der Waals surface area contributed by atoms with Crippen molar-refractivity contribution in [3.63, 3.8) is 0 Å². The molecule has 0 aromatic heterocycles. The lowest BCUT2D eigenvalue weighted by Crippen LogP contribution is -2.52. The van der Waals surface area contributed by atoms with E-state index in [1.807, 2.05) is 30.3 Å². The van der Waals surface area contributed by atoms with Crippen molar-refractivity contribution in [2.75, 3.05) is 20.1 Å². The molecule has 2 aromatic rings. The van der Waals surface area contributed by atoms with Crippen molar-refractivity contribution in [3.05, 3.63) is 76.6 Å². The van der Waals surface area contributed by atoms with Crippen LogP contribution in [-0.2, 0) is 14.4 Å². The van der Waals surface area contributed by atoms with Crippen LogP contribution in [0.5, 0.6) is 0 Å². The van der Waals surface area contributed by atoms with Gasteiger partial charge in [-0.25, -0.2) is 4.39 Å². The molecular weight excluding hydrogens is 483 g/mol. The van der Waals surface area contributed by atoms with Gasteiger partial charge in [0.15, 0.2) is 0 Å². The first-order valence-corrected chi connectivity index (χ1v) is 12.5. The third-order valence-electron chi connectivity index (χ3n) is 6.87. The van der Waals surface area contributed by atoms with Gasteiger partial charge in [-0.2, -0.15) is 0 Å². The summed E-state index contributed by atoms with van der Waals surface area (Å²) in [5, 5.41) is 9.13. The SMILES string of the molecule is CN[C@H](C[C@@H]1CCNC1=O)NC(=O)[C@@H]1C[C@@H](c2ccccc2)CN1C(=O)/C=C/c1ccc(Cl)cc1F. The molecule has 2 heterocycles. The largest absolute Gasteiger partial charge is 0.356 e. The number of amides is 3. The molecule has 0 unspecified atom stereocenters. The number of nitrogens with zero attached hydrogens (tertiary/aromatic N) is 1. The van der Waals surface area contributed by atoms with Crippen LogP contribution in [0.3, 0.4) is 0 Å². The van der Waals surface area contributed by atoms with Crippen LogP contribution in [0.25, 0.3) is 6.08 Å². The van der Waals surface area contributed by atoms with Gasteiger partial charge in [0.1, 0.15) is 11.9 Å². The number of halogens is 2. The minimum Gasteiger partial charge on any atom is -0.356 e. The second-order valence-corrected chi connectivity index (χ2v) is 9.65. The van der Waals surface area contributed by atoms with Crippen LogP contribution >= 0.6 is 11.6 Å². The number of carbonyl (C=O) groups excluding carboxylic acids is 3. The minimum atomic E-state index is -0.698. The van der Waals surface area contributed by atoms with E-state index in [2.05, 4.69) is 16.0 Å². The Morgan fingerprint density at radius 3 is 2.69 bits per heavy atom. The Bertz CT molecular complexity index is 1140. The van der Waals surface area contributed by atoms with Gasteiger partial charge in [0.2, 0.25) is 17.7 Å². The van der Waals surface area contributed by atoms with Crippen molar-refractivity contribution < 1.29 is 18.8 Å². The molecule has 4 rings (SSSR count). The number of nitrogens with one attached hydrogen (secondary N) is 3. The molecule has 4 atom stereocenters. The van der Waals surface area contributed by atoms with Crippen LogP contribution in [0.4, 0.5) is 4.39 Å². The van der Waals surface area contributed by atoms with Gasteiger partial charge < -0.3 is 20.9 Å². The topological polar surface area (TPSA) is 90.5 Å². The number of hydrogen-bond donors (Lipinski definition) is 3. The zero-order valence-corrected chi connectivity index (χ0v) is 20.8. The van der Waals surface area contributed by atoms with Crippen LogP contribution < -0.4 is 16.0 Å². The third-order valence-corrected chi connectivity index (χ3v) is 7.11.